The third-order valence-corrected chi connectivity index (χ3v) is 6.36. The molecule has 7 heteroatoms. The van der Waals surface area contributed by atoms with Crippen molar-refractivity contribution in [3.63, 3.8) is 0 Å². The third kappa shape index (κ3) is 3.26. The van der Waals surface area contributed by atoms with Crippen molar-refractivity contribution in [2.45, 2.75) is 31.1 Å². The van der Waals surface area contributed by atoms with E-state index in [4.69, 9.17) is 10.00 Å². The standard InChI is InChI=1S/C12H21N3O3S/c1-11(10-13)14-4-6-15(7-5-14)19(16,17)12-2-8-18-9-3-12/h11-12H,2-9H2,1H3. The number of ether oxygens (including phenoxy) is 1. The molecule has 19 heavy (non-hydrogen) atoms. The summed E-state index contributed by atoms with van der Waals surface area (Å²) in [5, 5.41) is 8.59. The molecule has 2 aliphatic heterocycles. The first-order valence-corrected chi connectivity index (χ1v) is 8.26. The quantitative estimate of drug-likeness (QED) is 0.732. The highest BCUT2D eigenvalue weighted by Crippen LogP contribution is 2.21. The maximum absolute atomic E-state index is 12.5. The maximum Gasteiger partial charge on any atom is 0.217 e. The highest BCUT2D eigenvalue weighted by molar-refractivity contribution is 7.89. The summed E-state index contributed by atoms with van der Waals surface area (Å²) in [6.07, 6.45) is 1.19. The van der Waals surface area contributed by atoms with Crippen LogP contribution in [0.25, 0.3) is 0 Å². The molecule has 0 bridgehead atoms. The van der Waals surface area contributed by atoms with Crippen LogP contribution in [-0.2, 0) is 14.8 Å². The number of hydrogen-bond acceptors (Lipinski definition) is 5. The molecule has 2 aliphatic rings. The first-order chi connectivity index (χ1) is 9.05. The Morgan fingerprint density at radius 2 is 1.79 bits per heavy atom. The molecule has 0 amide bonds. The Morgan fingerprint density at radius 3 is 2.32 bits per heavy atom. The highest BCUT2D eigenvalue weighted by Gasteiger charge is 2.35. The Morgan fingerprint density at radius 1 is 1.21 bits per heavy atom. The van der Waals surface area contributed by atoms with Gasteiger partial charge in [-0.3, -0.25) is 4.90 Å². The van der Waals surface area contributed by atoms with Crippen LogP contribution in [0.2, 0.25) is 0 Å². The SMILES string of the molecule is CC(C#N)N1CCN(S(=O)(=O)C2CCOCC2)CC1. The van der Waals surface area contributed by atoms with E-state index in [0.29, 0.717) is 52.2 Å². The van der Waals surface area contributed by atoms with E-state index in [-0.39, 0.29) is 11.3 Å². The maximum atomic E-state index is 12.5. The van der Waals surface area contributed by atoms with Gasteiger partial charge >= 0.3 is 0 Å². The van der Waals surface area contributed by atoms with Gasteiger partial charge < -0.3 is 4.74 Å². The molecule has 0 aliphatic carbocycles. The Labute approximate surface area is 115 Å². The van der Waals surface area contributed by atoms with Crippen molar-refractivity contribution in [1.82, 2.24) is 9.21 Å². The van der Waals surface area contributed by atoms with E-state index >= 15 is 0 Å². The summed E-state index contributed by atoms with van der Waals surface area (Å²) in [6, 6.07) is 2.05. The van der Waals surface area contributed by atoms with Crippen molar-refractivity contribution in [1.29, 1.82) is 5.26 Å². The van der Waals surface area contributed by atoms with Crippen LogP contribution in [0.4, 0.5) is 0 Å². The van der Waals surface area contributed by atoms with Crippen LogP contribution in [0.5, 0.6) is 0 Å². The number of sulfonamides is 1. The van der Waals surface area contributed by atoms with Crippen LogP contribution in [0.1, 0.15) is 19.8 Å². The molecule has 1 unspecified atom stereocenters. The van der Waals surface area contributed by atoms with Gasteiger partial charge in [-0.2, -0.15) is 9.57 Å². The molecule has 2 saturated heterocycles. The van der Waals surface area contributed by atoms with Gasteiger partial charge in [0, 0.05) is 39.4 Å². The van der Waals surface area contributed by atoms with Crippen molar-refractivity contribution in [2.75, 3.05) is 39.4 Å². The minimum atomic E-state index is -3.20. The fourth-order valence-electron chi connectivity index (χ4n) is 2.61. The monoisotopic (exact) mass is 287 g/mol. The number of nitrogens with zero attached hydrogens (tertiary/aromatic N) is 3. The van der Waals surface area contributed by atoms with E-state index in [0.717, 1.165) is 0 Å². The average molecular weight is 287 g/mol. The van der Waals surface area contributed by atoms with Crippen molar-refractivity contribution < 1.29 is 13.2 Å². The van der Waals surface area contributed by atoms with Gasteiger partial charge in [-0.15, -0.1) is 0 Å². The van der Waals surface area contributed by atoms with Gasteiger partial charge in [-0.1, -0.05) is 0 Å². The van der Waals surface area contributed by atoms with E-state index in [1.807, 2.05) is 11.8 Å². The molecular formula is C12H21N3O3S. The summed E-state index contributed by atoms with van der Waals surface area (Å²) in [5.74, 6) is 0. The molecule has 0 aromatic heterocycles. The van der Waals surface area contributed by atoms with Crippen LogP contribution < -0.4 is 0 Å². The zero-order valence-corrected chi connectivity index (χ0v) is 12.1. The first-order valence-electron chi connectivity index (χ1n) is 6.76. The van der Waals surface area contributed by atoms with Crippen molar-refractivity contribution in [3.8, 4) is 6.07 Å². The summed E-state index contributed by atoms with van der Waals surface area (Å²) < 4.78 is 31.8. The molecule has 2 fully saturated rings. The largest absolute Gasteiger partial charge is 0.381 e. The Kier molecular flexibility index (Phi) is 4.79. The van der Waals surface area contributed by atoms with Gasteiger partial charge in [-0.05, 0) is 19.8 Å². The lowest BCUT2D eigenvalue weighted by molar-refractivity contribution is 0.0960. The van der Waals surface area contributed by atoms with E-state index in [9.17, 15) is 8.42 Å². The summed E-state index contributed by atoms with van der Waals surface area (Å²) in [6.45, 7) is 5.18. The van der Waals surface area contributed by atoms with Crippen molar-refractivity contribution in [2.24, 2.45) is 0 Å². The van der Waals surface area contributed by atoms with Crippen molar-refractivity contribution in [3.05, 3.63) is 0 Å². The normalized spacial score (nSPS) is 25.9. The number of rotatable bonds is 3. The van der Waals surface area contributed by atoms with E-state index < -0.39 is 10.0 Å². The molecule has 0 aromatic carbocycles. The average Bonchev–Trinajstić information content (AvgIpc) is 2.47. The van der Waals surface area contributed by atoms with Gasteiger partial charge in [-0.25, -0.2) is 8.42 Å². The third-order valence-electron chi connectivity index (χ3n) is 3.96. The molecule has 2 heterocycles. The Balaban J connectivity index is 1.95. The number of nitriles is 1. The van der Waals surface area contributed by atoms with Crippen LogP contribution in [-0.4, -0.2) is 68.3 Å². The minimum Gasteiger partial charge on any atom is -0.381 e. The van der Waals surface area contributed by atoms with Crippen LogP contribution in [0, 0.1) is 11.3 Å². The fourth-order valence-corrected chi connectivity index (χ4v) is 4.49. The molecule has 0 spiro atoms. The van der Waals surface area contributed by atoms with E-state index in [2.05, 4.69) is 6.07 Å². The molecule has 2 rings (SSSR count). The van der Waals surface area contributed by atoms with Crippen molar-refractivity contribution >= 4 is 10.0 Å². The Bertz CT molecular complexity index is 432. The molecule has 0 aromatic rings. The smallest absolute Gasteiger partial charge is 0.217 e. The molecule has 0 saturated carbocycles. The summed E-state index contributed by atoms with van der Waals surface area (Å²) in [4.78, 5) is 2.02. The summed E-state index contributed by atoms with van der Waals surface area (Å²) in [5.41, 5.74) is 0. The summed E-state index contributed by atoms with van der Waals surface area (Å²) in [7, 11) is -3.20. The lowest BCUT2D eigenvalue weighted by Gasteiger charge is -2.37. The van der Waals surface area contributed by atoms with Crippen LogP contribution in [0.15, 0.2) is 0 Å². The minimum absolute atomic E-state index is 0.145. The molecule has 1 atom stereocenters. The number of piperazine rings is 1. The lowest BCUT2D eigenvalue weighted by Crippen LogP contribution is -2.53. The fraction of sp³-hybridized carbons (Fsp3) is 0.917. The van der Waals surface area contributed by atoms with E-state index in [1.165, 1.54) is 0 Å². The second-order valence-corrected chi connectivity index (χ2v) is 7.31. The second-order valence-electron chi connectivity index (χ2n) is 5.10. The number of hydrogen-bond donors (Lipinski definition) is 0. The zero-order chi connectivity index (χ0) is 13.9. The van der Waals surface area contributed by atoms with Gasteiger partial charge in [0.25, 0.3) is 0 Å². The van der Waals surface area contributed by atoms with Gasteiger partial charge in [0.15, 0.2) is 0 Å². The molecule has 6 nitrogen and oxygen atoms in total. The molecule has 0 radical (unpaired) electrons. The molecule has 0 N–H and O–H groups in total. The van der Waals surface area contributed by atoms with Crippen LogP contribution >= 0.6 is 0 Å². The summed E-state index contributed by atoms with van der Waals surface area (Å²) >= 11 is 0. The first kappa shape index (κ1) is 14.7. The topological polar surface area (TPSA) is 73.6 Å². The Hall–Kier alpha value is -0.680. The van der Waals surface area contributed by atoms with E-state index in [1.54, 1.807) is 4.31 Å². The second kappa shape index (κ2) is 6.18. The zero-order valence-electron chi connectivity index (χ0n) is 11.3. The molecule has 108 valence electrons. The van der Waals surface area contributed by atoms with Gasteiger partial charge in [0.05, 0.1) is 17.4 Å². The van der Waals surface area contributed by atoms with Gasteiger partial charge in [0.2, 0.25) is 10.0 Å². The van der Waals surface area contributed by atoms with Crippen LogP contribution in [0.3, 0.4) is 0 Å². The highest BCUT2D eigenvalue weighted by atomic mass is 32.2. The lowest BCUT2D eigenvalue weighted by atomic mass is 10.2. The van der Waals surface area contributed by atoms with Gasteiger partial charge in [0.1, 0.15) is 0 Å². The predicted octanol–water partition coefficient (Wildman–Crippen LogP) is 0.0249. The molecular weight excluding hydrogens is 266 g/mol. The predicted molar refractivity (Wildman–Crippen MR) is 71.0 cm³/mol.